The number of nitrogens with one attached hydrogen (secondary N) is 1. The number of carboxylic acid groups (broad SMARTS) is 1. The van der Waals surface area contributed by atoms with Gasteiger partial charge in [-0.05, 0) is 20.8 Å². The molecule has 6 heteroatoms. The summed E-state index contributed by atoms with van der Waals surface area (Å²) in [5.41, 5.74) is -0.240. The van der Waals surface area contributed by atoms with Crippen LogP contribution in [0.25, 0.3) is 0 Å². The zero-order valence-corrected chi connectivity index (χ0v) is 10.9. The molecule has 5 nitrogen and oxygen atoms in total. The molecule has 17 heavy (non-hydrogen) atoms. The molecule has 0 aliphatic carbocycles. The highest BCUT2D eigenvalue weighted by atomic mass is 32.1. The normalized spacial score (nSPS) is 11.2. The molecule has 0 unspecified atom stereocenters. The van der Waals surface area contributed by atoms with Crippen molar-refractivity contribution in [1.29, 1.82) is 0 Å². The van der Waals surface area contributed by atoms with Crippen molar-refractivity contribution in [2.24, 2.45) is 5.41 Å². The molecule has 0 radical (unpaired) electrons. The van der Waals surface area contributed by atoms with E-state index in [0.717, 1.165) is 10.7 Å². The van der Waals surface area contributed by atoms with Crippen molar-refractivity contribution in [3.63, 3.8) is 0 Å². The second kappa shape index (κ2) is 5.27. The van der Waals surface area contributed by atoms with Crippen molar-refractivity contribution < 1.29 is 14.7 Å². The van der Waals surface area contributed by atoms with E-state index in [-0.39, 0.29) is 12.3 Å². The van der Waals surface area contributed by atoms with Crippen LogP contribution < -0.4 is 5.32 Å². The third-order valence-corrected chi connectivity index (χ3v) is 3.14. The molecule has 1 aromatic heterocycles. The molecule has 0 bridgehead atoms. The minimum absolute atomic E-state index is 0.0363. The van der Waals surface area contributed by atoms with E-state index in [4.69, 9.17) is 5.11 Å². The zero-order chi connectivity index (χ0) is 13.1. The van der Waals surface area contributed by atoms with Gasteiger partial charge in [0.15, 0.2) is 0 Å². The molecule has 0 fully saturated rings. The molecule has 0 saturated heterocycles. The van der Waals surface area contributed by atoms with Gasteiger partial charge in [0.25, 0.3) is 0 Å². The summed E-state index contributed by atoms with van der Waals surface area (Å²) in [5, 5.41) is 14.4. The number of hydrogen-bond donors (Lipinski definition) is 2. The van der Waals surface area contributed by atoms with Crippen molar-refractivity contribution >= 4 is 23.2 Å². The molecule has 1 amide bonds. The Balaban J connectivity index is 2.43. The van der Waals surface area contributed by atoms with E-state index in [1.54, 1.807) is 0 Å². The SMILES string of the molecule is Cc1nc(CNC(=O)CC(C)(C)C(=O)O)cs1. The van der Waals surface area contributed by atoms with E-state index >= 15 is 0 Å². The maximum atomic E-state index is 11.5. The van der Waals surface area contributed by atoms with Crippen molar-refractivity contribution in [2.45, 2.75) is 33.7 Å². The zero-order valence-electron chi connectivity index (χ0n) is 10.1. The smallest absolute Gasteiger partial charge is 0.309 e. The molecule has 0 spiro atoms. The maximum Gasteiger partial charge on any atom is 0.309 e. The fraction of sp³-hybridized carbons (Fsp3) is 0.545. The molecule has 94 valence electrons. The number of rotatable bonds is 5. The van der Waals surface area contributed by atoms with Crippen LogP contribution in [-0.4, -0.2) is 22.0 Å². The van der Waals surface area contributed by atoms with Crippen LogP contribution in [0.4, 0.5) is 0 Å². The first-order valence-electron chi connectivity index (χ1n) is 5.22. The lowest BCUT2D eigenvalue weighted by Crippen LogP contribution is -2.33. The van der Waals surface area contributed by atoms with Gasteiger partial charge in [0.2, 0.25) is 5.91 Å². The molecule has 0 saturated carbocycles. The van der Waals surface area contributed by atoms with E-state index in [1.807, 2.05) is 12.3 Å². The molecule has 1 rings (SSSR count). The van der Waals surface area contributed by atoms with Crippen LogP contribution in [0.2, 0.25) is 0 Å². The minimum Gasteiger partial charge on any atom is -0.481 e. The van der Waals surface area contributed by atoms with E-state index in [2.05, 4.69) is 10.3 Å². The van der Waals surface area contributed by atoms with Gasteiger partial charge in [-0.3, -0.25) is 9.59 Å². The van der Waals surface area contributed by atoms with Crippen LogP contribution in [0.15, 0.2) is 5.38 Å². The molecule has 0 aliphatic heterocycles. The maximum absolute atomic E-state index is 11.5. The predicted molar refractivity (Wildman–Crippen MR) is 64.7 cm³/mol. The Bertz CT molecular complexity index is 426. The lowest BCUT2D eigenvalue weighted by molar-refractivity contribution is -0.149. The molecular formula is C11H16N2O3S. The number of amides is 1. The highest BCUT2D eigenvalue weighted by Crippen LogP contribution is 2.20. The fourth-order valence-corrected chi connectivity index (χ4v) is 1.83. The average Bonchev–Trinajstić information content (AvgIpc) is 2.60. The van der Waals surface area contributed by atoms with Crippen molar-refractivity contribution in [2.75, 3.05) is 0 Å². The summed E-state index contributed by atoms with van der Waals surface area (Å²) >= 11 is 1.52. The predicted octanol–water partition coefficient (Wildman–Crippen LogP) is 1.57. The highest BCUT2D eigenvalue weighted by Gasteiger charge is 2.29. The number of carbonyl (C=O) groups is 2. The lowest BCUT2D eigenvalue weighted by atomic mass is 9.89. The van der Waals surface area contributed by atoms with Gasteiger partial charge in [-0.1, -0.05) is 0 Å². The number of carbonyl (C=O) groups excluding carboxylic acids is 1. The number of nitrogens with zero attached hydrogens (tertiary/aromatic N) is 1. The van der Waals surface area contributed by atoms with E-state index in [9.17, 15) is 9.59 Å². The summed E-state index contributed by atoms with van der Waals surface area (Å²) in [5.74, 6) is -1.25. The first-order chi connectivity index (χ1) is 7.81. The van der Waals surface area contributed by atoms with Gasteiger partial charge in [-0.15, -0.1) is 11.3 Å². The molecule has 0 aromatic carbocycles. The van der Waals surface area contributed by atoms with Gasteiger partial charge >= 0.3 is 5.97 Å². The third-order valence-electron chi connectivity index (χ3n) is 2.31. The van der Waals surface area contributed by atoms with Gasteiger partial charge in [0.1, 0.15) is 0 Å². The Morgan fingerprint density at radius 1 is 1.53 bits per heavy atom. The molecular weight excluding hydrogens is 240 g/mol. The standard InChI is InChI=1S/C11H16N2O3S/c1-7-13-8(6-17-7)5-12-9(14)4-11(2,3)10(15)16/h6H,4-5H2,1-3H3,(H,12,14)(H,15,16). The largest absolute Gasteiger partial charge is 0.481 e. The van der Waals surface area contributed by atoms with Crippen LogP contribution in [0.1, 0.15) is 31.0 Å². The Hall–Kier alpha value is -1.43. The average molecular weight is 256 g/mol. The molecule has 2 N–H and O–H groups in total. The summed E-state index contributed by atoms with van der Waals surface area (Å²) in [4.78, 5) is 26.6. The number of aromatic nitrogens is 1. The van der Waals surface area contributed by atoms with Crippen molar-refractivity contribution in [1.82, 2.24) is 10.3 Å². The monoisotopic (exact) mass is 256 g/mol. The Morgan fingerprint density at radius 2 is 2.18 bits per heavy atom. The third kappa shape index (κ3) is 4.14. The van der Waals surface area contributed by atoms with Gasteiger partial charge in [0, 0.05) is 11.8 Å². The van der Waals surface area contributed by atoms with Crippen LogP contribution in [0.3, 0.4) is 0 Å². The number of hydrogen-bond acceptors (Lipinski definition) is 4. The first-order valence-corrected chi connectivity index (χ1v) is 6.10. The fourth-order valence-electron chi connectivity index (χ4n) is 1.22. The van der Waals surface area contributed by atoms with E-state index in [1.165, 1.54) is 25.2 Å². The second-order valence-electron chi connectivity index (χ2n) is 4.50. The van der Waals surface area contributed by atoms with E-state index < -0.39 is 11.4 Å². The Labute approximate surface area is 104 Å². The molecule has 0 aliphatic rings. The number of thiazole rings is 1. The van der Waals surface area contributed by atoms with Crippen LogP contribution in [0, 0.1) is 12.3 Å². The van der Waals surface area contributed by atoms with Gasteiger partial charge < -0.3 is 10.4 Å². The summed E-state index contributed by atoms with van der Waals surface area (Å²) in [6.07, 6.45) is -0.0363. The van der Waals surface area contributed by atoms with E-state index in [0.29, 0.717) is 6.54 Å². The van der Waals surface area contributed by atoms with Crippen molar-refractivity contribution in [3.05, 3.63) is 16.1 Å². The van der Waals surface area contributed by atoms with Gasteiger partial charge in [-0.25, -0.2) is 4.98 Å². The van der Waals surface area contributed by atoms with Crippen LogP contribution in [0.5, 0.6) is 0 Å². The Morgan fingerprint density at radius 3 is 2.65 bits per heavy atom. The van der Waals surface area contributed by atoms with Gasteiger partial charge in [0.05, 0.1) is 22.7 Å². The van der Waals surface area contributed by atoms with Crippen LogP contribution in [-0.2, 0) is 16.1 Å². The quantitative estimate of drug-likeness (QED) is 0.838. The number of carboxylic acids is 1. The lowest BCUT2D eigenvalue weighted by Gasteiger charge is -2.17. The summed E-state index contributed by atoms with van der Waals surface area (Å²) in [7, 11) is 0. The van der Waals surface area contributed by atoms with Crippen LogP contribution >= 0.6 is 11.3 Å². The first kappa shape index (κ1) is 13.6. The van der Waals surface area contributed by atoms with Crippen molar-refractivity contribution in [3.8, 4) is 0 Å². The second-order valence-corrected chi connectivity index (χ2v) is 5.56. The van der Waals surface area contributed by atoms with Gasteiger partial charge in [-0.2, -0.15) is 0 Å². The molecule has 1 aromatic rings. The molecule has 0 atom stereocenters. The summed E-state index contributed by atoms with van der Waals surface area (Å²) in [6, 6.07) is 0. The summed E-state index contributed by atoms with van der Waals surface area (Å²) < 4.78 is 0. The topological polar surface area (TPSA) is 79.3 Å². The Kier molecular flexibility index (Phi) is 4.22. The number of aryl methyl sites for hydroxylation is 1. The highest BCUT2D eigenvalue weighted by molar-refractivity contribution is 7.09. The number of aliphatic carboxylic acids is 1. The molecule has 1 heterocycles. The summed E-state index contributed by atoms with van der Waals surface area (Å²) in [6.45, 7) is 5.30. The minimum atomic E-state index is -1.04.